The van der Waals surface area contributed by atoms with Crippen molar-refractivity contribution in [1.82, 2.24) is 14.7 Å². The number of furan rings is 1. The lowest BCUT2D eigenvalue weighted by Gasteiger charge is -2.21. The van der Waals surface area contributed by atoms with Crippen LogP contribution >= 0.6 is 0 Å². The Hall–Kier alpha value is -3.03. The highest BCUT2D eigenvalue weighted by atomic mass is 19.4. The molecule has 5 nitrogen and oxygen atoms in total. The van der Waals surface area contributed by atoms with Crippen molar-refractivity contribution in [3.63, 3.8) is 0 Å². The normalized spacial score (nSPS) is 14.2. The Morgan fingerprint density at radius 3 is 2.66 bits per heavy atom. The van der Waals surface area contributed by atoms with Crippen LogP contribution in [0.1, 0.15) is 51.8 Å². The van der Waals surface area contributed by atoms with Gasteiger partial charge in [0.05, 0.1) is 30.6 Å². The average Bonchev–Trinajstić information content (AvgIpc) is 3.27. The molecular weight excluding hydrogens is 383 g/mol. The highest BCUT2D eigenvalue weighted by Gasteiger charge is 2.32. The third kappa shape index (κ3) is 4.36. The van der Waals surface area contributed by atoms with Gasteiger partial charge in [0.25, 0.3) is 5.91 Å². The number of halogens is 3. The molecule has 1 fully saturated rings. The number of hydrogen-bond donors (Lipinski definition) is 0. The summed E-state index contributed by atoms with van der Waals surface area (Å²) < 4.78 is 46.3. The second kappa shape index (κ2) is 7.42. The van der Waals surface area contributed by atoms with Gasteiger partial charge >= 0.3 is 6.18 Å². The van der Waals surface area contributed by atoms with E-state index in [0.29, 0.717) is 17.4 Å². The number of alkyl halides is 3. The van der Waals surface area contributed by atoms with Gasteiger partial charge in [-0.2, -0.15) is 18.3 Å². The van der Waals surface area contributed by atoms with Crippen LogP contribution in [0.15, 0.2) is 53.1 Å². The SMILES string of the molecule is Cn1nc(CN(Cc2ccco2)C(=O)c2cccc(C(F)(F)F)c2)cc1C1CC1. The maximum absolute atomic E-state index is 13.1. The molecule has 2 heterocycles. The van der Waals surface area contributed by atoms with E-state index >= 15 is 0 Å². The van der Waals surface area contributed by atoms with Crippen LogP contribution in [0, 0.1) is 0 Å². The zero-order chi connectivity index (χ0) is 20.6. The summed E-state index contributed by atoms with van der Waals surface area (Å²) in [6.45, 7) is 0.313. The lowest BCUT2D eigenvalue weighted by atomic mass is 10.1. The van der Waals surface area contributed by atoms with Crippen LogP contribution in [0.4, 0.5) is 13.2 Å². The van der Waals surface area contributed by atoms with E-state index in [1.807, 2.05) is 17.8 Å². The number of carbonyl (C=O) groups is 1. The molecule has 0 bridgehead atoms. The minimum absolute atomic E-state index is 0.0234. The number of amides is 1. The van der Waals surface area contributed by atoms with Gasteiger partial charge in [0.1, 0.15) is 5.76 Å². The largest absolute Gasteiger partial charge is 0.467 e. The summed E-state index contributed by atoms with van der Waals surface area (Å²) >= 11 is 0. The zero-order valence-electron chi connectivity index (χ0n) is 15.8. The van der Waals surface area contributed by atoms with Gasteiger partial charge in [-0.05, 0) is 49.2 Å². The van der Waals surface area contributed by atoms with Crippen molar-refractivity contribution in [2.45, 2.75) is 38.0 Å². The van der Waals surface area contributed by atoms with Crippen molar-refractivity contribution >= 4 is 5.91 Å². The number of benzene rings is 1. The van der Waals surface area contributed by atoms with Crippen LogP contribution in [-0.2, 0) is 26.3 Å². The fourth-order valence-electron chi connectivity index (χ4n) is 3.38. The molecule has 29 heavy (non-hydrogen) atoms. The van der Waals surface area contributed by atoms with E-state index in [9.17, 15) is 18.0 Å². The molecule has 3 aromatic rings. The molecule has 0 aliphatic heterocycles. The maximum atomic E-state index is 13.1. The van der Waals surface area contributed by atoms with E-state index in [0.717, 1.165) is 30.7 Å². The quantitative estimate of drug-likeness (QED) is 0.597. The van der Waals surface area contributed by atoms with E-state index in [-0.39, 0.29) is 18.7 Å². The fourth-order valence-corrected chi connectivity index (χ4v) is 3.38. The first-order chi connectivity index (χ1) is 13.8. The van der Waals surface area contributed by atoms with Crippen LogP contribution in [0.2, 0.25) is 0 Å². The summed E-state index contributed by atoms with van der Waals surface area (Å²) in [5, 5.41) is 4.49. The number of nitrogens with zero attached hydrogens (tertiary/aromatic N) is 3. The summed E-state index contributed by atoms with van der Waals surface area (Å²) in [5.74, 6) is 0.536. The summed E-state index contributed by atoms with van der Waals surface area (Å²) in [7, 11) is 1.86. The van der Waals surface area contributed by atoms with E-state index in [1.165, 1.54) is 23.3 Å². The van der Waals surface area contributed by atoms with Crippen LogP contribution < -0.4 is 0 Å². The molecule has 1 aliphatic rings. The number of rotatable bonds is 6. The van der Waals surface area contributed by atoms with E-state index < -0.39 is 17.6 Å². The molecule has 1 amide bonds. The molecule has 0 atom stereocenters. The molecule has 4 rings (SSSR count). The summed E-state index contributed by atoms with van der Waals surface area (Å²) in [5.41, 5.74) is 0.936. The Morgan fingerprint density at radius 2 is 2.00 bits per heavy atom. The Morgan fingerprint density at radius 1 is 1.21 bits per heavy atom. The van der Waals surface area contributed by atoms with Crippen molar-refractivity contribution in [3.8, 4) is 0 Å². The van der Waals surface area contributed by atoms with Gasteiger partial charge in [-0.3, -0.25) is 9.48 Å². The van der Waals surface area contributed by atoms with Gasteiger partial charge in [0, 0.05) is 24.2 Å². The monoisotopic (exact) mass is 403 g/mol. The molecule has 0 unspecified atom stereocenters. The standard InChI is InChI=1S/C21H20F3N3O2/c1-26-19(14-7-8-14)11-17(25-26)12-27(13-18-6-3-9-29-18)20(28)15-4-2-5-16(10-15)21(22,23)24/h2-6,9-11,14H,7-8,12-13H2,1H3. The van der Waals surface area contributed by atoms with E-state index in [1.54, 1.807) is 12.1 Å². The average molecular weight is 403 g/mol. The first-order valence-corrected chi connectivity index (χ1v) is 9.33. The molecule has 1 aromatic carbocycles. The molecule has 8 heteroatoms. The molecule has 152 valence electrons. The van der Waals surface area contributed by atoms with Crippen molar-refractivity contribution < 1.29 is 22.4 Å². The van der Waals surface area contributed by atoms with Gasteiger partial charge in [0.15, 0.2) is 0 Å². The molecule has 2 aromatic heterocycles. The minimum Gasteiger partial charge on any atom is -0.467 e. The lowest BCUT2D eigenvalue weighted by molar-refractivity contribution is -0.137. The molecule has 0 radical (unpaired) electrons. The van der Waals surface area contributed by atoms with Crippen molar-refractivity contribution in [2.75, 3.05) is 0 Å². The van der Waals surface area contributed by atoms with Crippen LogP contribution in [0.25, 0.3) is 0 Å². The van der Waals surface area contributed by atoms with Gasteiger partial charge < -0.3 is 9.32 Å². The molecule has 0 spiro atoms. The van der Waals surface area contributed by atoms with E-state index in [2.05, 4.69) is 5.10 Å². The van der Waals surface area contributed by atoms with Gasteiger partial charge in [-0.1, -0.05) is 6.07 Å². The molecule has 1 aliphatic carbocycles. The highest BCUT2D eigenvalue weighted by Crippen LogP contribution is 2.40. The van der Waals surface area contributed by atoms with Gasteiger partial charge in [-0.25, -0.2) is 0 Å². The Bertz CT molecular complexity index is 1000. The topological polar surface area (TPSA) is 51.3 Å². The highest BCUT2D eigenvalue weighted by molar-refractivity contribution is 5.94. The van der Waals surface area contributed by atoms with Crippen LogP contribution in [-0.4, -0.2) is 20.6 Å². The smallest absolute Gasteiger partial charge is 0.416 e. The summed E-state index contributed by atoms with van der Waals surface area (Å²) in [6.07, 6.45) is -0.771. The van der Waals surface area contributed by atoms with Crippen LogP contribution in [0.5, 0.6) is 0 Å². The third-order valence-corrected chi connectivity index (χ3v) is 4.97. The molecular formula is C21H20F3N3O2. The number of aryl methyl sites for hydroxylation is 1. The Kier molecular flexibility index (Phi) is 4.94. The second-order valence-corrected chi connectivity index (χ2v) is 7.28. The van der Waals surface area contributed by atoms with Crippen molar-refractivity contribution in [1.29, 1.82) is 0 Å². The number of aromatic nitrogens is 2. The lowest BCUT2D eigenvalue weighted by Crippen LogP contribution is -2.30. The summed E-state index contributed by atoms with van der Waals surface area (Å²) in [4.78, 5) is 14.5. The van der Waals surface area contributed by atoms with Crippen LogP contribution in [0.3, 0.4) is 0 Å². The van der Waals surface area contributed by atoms with Crippen molar-refractivity contribution in [2.24, 2.45) is 7.05 Å². The summed E-state index contributed by atoms with van der Waals surface area (Å²) in [6, 6.07) is 9.86. The fraction of sp³-hybridized carbons (Fsp3) is 0.333. The Balaban J connectivity index is 1.61. The predicted octanol–water partition coefficient (Wildman–Crippen LogP) is 4.75. The maximum Gasteiger partial charge on any atom is 0.416 e. The second-order valence-electron chi connectivity index (χ2n) is 7.28. The third-order valence-electron chi connectivity index (χ3n) is 4.97. The molecule has 0 N–H and O–H groups in total. The minimum atomic E-state index is -4.51. The number of hydrogen-bond acceptors (Lipinski definition) is 3. The molecule has 1 saturated carbocycles. The zero-order valence-corrected chi connectivity index (χ0v) is 15.8. The first kappa shape index (κ1) is 19.3. The number of carbonyl (C=O) groups excluding carboxylic acids is 1. The van der Waals surface area contributed by atoms with Gasteiger partial charge in [0.2, 0.25) is 0 Å². The van der Waals surface area contributed by atoms with Gasteiger partial charge in [-0.15, -0.1) is 0 Å². The first-order valence-electron chi connectivity index (χ1n) is 9.33. The van der Waals surface area contributed by atoms with E-state index in [4.69, 9.17) is 4.42 Å². The molecule has 0 saturated heterocycles. The van der Waals surface area contributed by atoms with Crippen molar-refractivity contribution in [3.05, 3.63) is 77.0 Å². The predicted molar refractivity (Wildman–Crippen MR) is 98.9 cm³/mol. The Labute approximate surface area is 165 Å².